The Balaban J connectivity index is 1.65. The van der Waals surface area contributed by atoms with Gasteiger partial charge in [-0.15, -0.1) is 0 Å². The Kier molecular flexibility index (Phi) is 3.89. The Bertz CT molecular complexity index is 1270. The molecule has 0 saturated carbocycles. The molecule has 0 bridgehead atoms. The van der Waals surface area contributed by atoms with Gasteiger partial charge in [0.2, 0.25) is 5.95 Å². The van der Waals surface area contributed by atoms with E-state index in [-0.39, 0.29) is 12.1 Å². The summed E-state index contributed by atoms with van der Waals surface area (Å²) in [7, 11) is 0. The number of anilines is 1. The maximum absolute atomic E-state index is 6.57. The lowest BCUT2D eigenvalue weighted by Gasteiger charge is -2.39. The fraction of sp³-hybridized carbons (Fsp3) is 0.0833. The Labute approximate surface area is 178 Å². The van der Waals surface area contributed by atoms with Gasteiger partial charge in [-0.2, -0.15) is 10.1 Å². The fourth-order valence-corrected chi connectivity index (χ4v) is 4.47. The van der Waals surface area contributed by atoms with Gasteiger partial charge < -0.3 is 10.1 Å². The minimum absolute atomic E-state index is 0.155. The average molecular weight is 413 g/mol. The zero-order chi connectivity index (χ0) is 20.1. The molecule has 0 fully saturated rings. The lowest BCUT2D eigenvalue weighted by atomic mass is 9.84. The van der Waals surface area contributed by atoms with Crippen molar-refractivity contribution in [1.82, 2.24) is 14.8 Å². The first kappa shape index (κ1) is 17.3. The summed E-state index contributed by atoms with van der Waals surface area (Å²) in [6.07, 6.45) is 1.30. The first-order valence-electron chi connectivity index (χ1n) is 9.76. The standard InChI is InChI=1S/C24H17ClN4O/c25-17-11-12-19-18(13-17)21-20(23(30-19)16-9-5-2-6-10-16)22(15-7-3-1-4-8-15)29-24(28-21)26-14-27-29/h1-14,22-23H,(H,26,27,28)/t22-,23+/m0/s1. The van der Waals surface area contributed by atoms with Gasteiger partial charge in [0, 0.05) is 16.2 Å². The molecular weight excluding hydrogens is 396 g/mol. The molecule has 30 heavy (non-hydrogen) atoms. The highest BCUT2D eigenvalue weighted by Crippen LogP contribution is 2.50. The summed E-state index contributed by atoms with van der Waals surface area (Å²) in [4.78, 5) is 4.45. The number of benzene rings is 3. The quantitative estimate of drug-likeness (QED) is 0.473. The molecule has 3 aromatic carbocycles. The highest BCUT2D eigenvalue weighted by Gasteiger charge is 2.40. The third-order valence-corrected chi connectivity index (χ3v) is 5.83. The van der Waals surface area contributed by atoms with Crippen molar-refractivity contribution in [2.24, 2.45) is 0 Å². The SMILES string of the molecule is Clc1ccc2c(c1)C1=C([C@H](c3ccccc3)n3ncnc3N1)[C@@H](c1ccccc1)O2. The molecule has 0 aliphatic carbocycles. The molecule has 1 N–H and O–H groups in total. The maximum Gasteiger partial charge on any atom is 0.226 e. The zero-order valence-electron chi connectivity index (χ0n) is 15.9. The molecule has 0 spiro atoms. The number of hydrogen-bond donors (Lipinski definition) is 1. The number of rotatable bonds is 2. The second-order valence-corrected chi connectivity index (χ2v) is 7.78. The Morgan fingerprint density at radius 3 is 2.40 bits per heavy atom. The van der Waals surface area contributed by atoms with Gasteiger partial charge in [0.25, 0.3) is 0 Å². The van der Waals surface area contributed by atoms with Crippen LogP contribution in [0.4, 0.5) is 5.95 Å². The summed E-state index contributed by atoms with van der Waals surface area (Å²) >= 11 is 6.35. The summed E-state index contributed by atoms with van der Waals surface area (Å²) in [6, 6.07) is 26.2. The Hall–Kier alpha value is -3.57. The molecule has 3 heterocycles. The highest BCUT2D eigenvalue weighted by atomic mass is 35.5. The van der Waals surface area contributed by atoms with Gasteiger partial charge in [0.15, 0.2) is 0 Å². The summed E-state index contributed by atoms with van der Waals surface area (Å²) in [5.74, 6) is 1.49. The van der Waals surface area contributed by atoms with Crippen molar-refractivity contribution in [2.75, 3.05) is 5.32 Å². The monoisotopic (exact) mass is 412 g/mol. The predicted octanol–water partition coefficient (Wildman–Crippen LogP) is 5.49. The van der Waals surface area contributed by atoms with Crippen LogP contribution in [0.3, 0.4) is 0 Å². The van der Waals surface area contributed by atoms with E-state index in [1.807, 2.05) is 59.3 Å². The van der Waals surface area contributed by atoms with Crippen LogP contribution in [-0.2, 0) is 0 Å². The molecule has 0 unspecified atom stereocenters. The van der Waals surface area contributed by atoms with E-state index in [0.29, 0.717) is 11.0 Å². The third-order valence-electron chi connectivity index (χ3n) is 5.59. The minimum atomic E-state index is -0.273. The van der Waals surface area contributed by atoms with Crippen LogP contribution in [0.15, 0.2) is 90.8 Å². The van der Waals surface area contributed by atoms with E-state index in [9.17, 15) is 0 Å². The average Bonchev–Trinajstić information content (AvgIpc) is 3.27. The van der Waals surface area contributed by atoms with Gasteiger partial charge in [0.1, 0.15) is 24.2 Å². The van der Waals surface area contributed by atoms with Gasteiger partial charge >= 0.3 is 0 Å². The molecule has 1 aromatic heterocycles. The van der Waals surface area contributed by atoms with Gasteiger partial charge in [-0.25, -0.2) is 4.68 Å². The predicted molar refractivity (Wildman–Crippen MR) is 116 cm³/mol. The number of fused-ring (bicyclic) bond motifs is 3. The maximum atomic E-state index is 6.57. The first-order valence-corrected chi connectivity index (χ1v) is 10.1. The van der Waals surface area contributed by atoms with Crippen LogP contribution in [0.25, 0.3) is 5.70 Å². The summed E-state index contributed by atoms with van der Waals surface area (Å²) in [5, 5.41) is 8.69. The summed E-state index contributed by atoms with van der Waals surface area (Å²) in [6.45, 7) is 0. The molecule has 5 nitrogen and oxygen atoms in total. The van der Waals surface area contributed by atoms with Crippen molar-refractivity contribution in [3.63, 3.8) is 0 Å². The largest absolute Gasteiger partial charge is 0.480 e. The van der Waals surface area contributed by atoms with Crippen LogP contribution >= 0.6 is 11.6 Å². The Morgan fingerprint density at radius 1 is 0.900 bits per heavy atom. The molecule has 0 amide bonds. The van der Waals surface area contributed by atoms with E-state index in [1.54, 1.807) is 6.33 Å². The normalized spacial score (nSPS) is 19.2. The van der Waals surface area contributed by atoms with Gasteiger partial charge in [0.05, 0.1) is 5.70 Å². The molecule has 2 aliphatic rings. The van der Waals surface area contributed by atoms with Crippen LogP contribution in [0, 0.1) is 0 Å². The topological polar surface area (TPSA) is 52.0 Å². The number of hydrogen-bond acceptors (Lipinski definition) is 4. The molecule has 146 valence electrons. The van der Waals surface area contributed by atoms with Crippen LogP contribution in [-0.4, -0.2) is 14.8 Å². The molecular formula is C24H17ClN4O. The smallest absolute Gasteiger partial charge is 0.226 e. The van der Waals surface area contributed by atoms with Crippen molar-refractivity contribution >= 4 is 23.2 Å². The zero-order valence-corrected chi connectivity index (χ0v) is 16.6. The van der Waals surface area contributed by atoms with E-state index < -0.39 is 0 Å². The Morgan fingerprint density at radius 2 is 1.63 bits per heavy atom. The van der Waals surface area contributed by atoms with E-state index in [0.717, 1.165) is 33.7 Å². The summed E-state index contributed by atoms with van der Waals surface area (Å²) < 4.78 is 8.49. The van der Waals surface area contributed by atoms with Crippen molar-refractivity contribution in [3.8, 4) is 5.75 Å². The van der Waals surface area contributed by atoms with Crippen LogP contribution in [0.2, 0.25) is 5.02 Å². The van der Waals surface area contributed by atoms with E-state index in [1.165, 1.54) is 0 Å². The van der Waals surface area contributed by atoms with Gasteiger partial charge in [-0.1, -0.05) is 72.3 Å². The van der Waals surface area contributed by atoms with Gasteiger partial charge in [-0.05, 0) is 29.3 Å². The van der Waals surface area contributed by atoms with Crippen molar-refractivity contribution in [3.05, 3.63) is 112 Å². The van der Waals surface area contributed by atoms with Crippen molar-refractivity contribution in [2.45, 2.75) is 12.1 Å². The second kappa shape index (κ2) is 6.75. The first-order chi connectivity index (χ1) is 14.8. The third kappa shape index (κ3) is 2.63. The van der Waals surface area contributed by atoms with Crippen molar-refractivity contribution < 1.29 is 4.74 Å². The number of nitrogens with one attached hydrogen (secondary N) is 1. The van der Waals surface area contributed by atoms with Crippen LogP contribution in [0.1, 0.15) is 28.8 Å². The van der Waals surface area contributed by atoms with Gasteiger partial charge in [-0.3, -0.25) is 0 Å². The lowest BCUT2D eigenvalue weighted by Crippen LogP contribution is -2.32. The van der Waals surface area contributed by atoms with Crippen LogP contribution < -0.4 is 10.1 Å². The molecule has 2 atom stereocenters. The number of nitrogens with zero attached hydrogens (tertiary/aromatic N) is 3. The number of aromatic nitrogens is 3. The lowest BCUT2D eigenvalue weighted by molar-refractivity contribution is 0.223. The molecule has 0 radical (unpaired) electrons. The number of halogens is 1. The van der Waals surface area contributed by atoms with Crippen LogP contribution in [0.5, 0.6) is 5.75 Å². The van der Waals surface area contributed by atoms with Crippen molar-refractivity contribution in [1.29, 1.82) is 0 Å². The molecule has 6 heteroatoms. The van der Waals surface area contributed by atoms with E-state index >= 15 is 0 Å². The molecule has 4 aromatic rings. The summed E-state index contributed by atoms with van der Waals surface area (Å²) in [5.41, 5.74) is 5.19. The second-order valence-electron chi connectivity index (χ2n) is 7.35. The molecule has 2 aliphatic heterocycles. The highest BCUT2D eigenvalue weighted by molar-refractivity contribution is 6.30. The van der Waals surface area contributed by atoms with E-state index in [2.05, 4.69) is 39.7 Å². The molecule has 0 saturated heterocycles. The minimum Gasteiger partial charge on any atom is -0.480 e. The number of ether oxygens (including phenoxy) is 1. The van der Waals surface area contributed by atoms with E-state index in [4.69, 9.17) is 16.3 Å². The molecule has 6 rings (SSSR count). The fourth-order valence-electron chi connectivity index (χ4n) is 4.30.